The Morgan fingerprint density at radius 1 is 1.38 bits per heavy atom. The van der Waals surface area contributed by atoms with Crippen LogP contribution in [0.15, 0.2) is 18.2 Å². The van der Waals surface area contributed by atoms with Crippen LogP contribution in [0, 0.1) is 10.1 Å². The molecule has 0 bridgehead atoms. The molecule has 0 fully saturated rings. The van der Waals surface area contributed by atoms with Crippen molar-refractivity contribution in [2.24, 2.45) is 0 Å². The molecule has 0 saturated heterocycles. The van der Waals surface area contributed by atoms with Gasteiger partial charge in [-0.1, -0.05) is 13.0 Å². The Labute approximate surface area is 125 Å². The fraction of sp³-hybridized carbons (Fsp3) is 0.462. The average Bonchev–Trinajstić information content (AvgIpc) is 2.47. The highest BCUT2D eigenvalue weighted by molar-refractivity contribution is 7.84. The normalized spacial score (nSPS) is 11.7. The molecule has 8 heteroatoms. The summed E-state index contributed by atoms with van der Waals surface area (Å²) in [5.74, 6) is 0.492. The maximum Gasteiger partial charge on any atom is 0.293 e. The lowest BCUT2D eigenvalue weighted by Gasteiger charge is -2.11. The zero-order chi connectivity index (χ0) is 15.8. The molecule has 0 radical (unpaired) electrons. The third-order valence-corrected chi connectivity index (χ3v) is 4.08. The summed E-state index contributed by atoms with van der Waals surface area (Å²) in [7, 11) is -0.959. The van der Waals surface area contributed by atoms with Crippen molar-refractivity contribution in [3.05, 3.63) is 33.9 Å². The summed E-state index contributed by atoms with van der Waals surface area (Å²) in [6.45, 7) is 4.34. The second kappa shape index (κ2) is 8.35. The van der Waals surface area contributed by atoms with Crippen LogP contribution >= 0.6 is 0 Å². The molecule has 1 aromatic rings. The first-order valence-electron chi connectivity index (χ1n) is 6.65. The molecule has 2 N–H and O–H groups in total. The Hall–Kier alpha value is -1.96. The van der Waals surface area contributed by atoms with Crippen LogP contribution in [0.3, 0.4) is 0 Å². The minimum absolute atomic E-state index is 0.137. The molecule has 0 aromatic heterocycles. The number of hydrogen-bond acceptors (Lipinski definition) is 5. The molecule has 21 heavy (non-hydrogen) atoms. The number of nitrogens with one attached hydrogen (secondary N) is 2. The lowest BCUT2D eigenvalue weighted by Crippen LogP contribution is -2.28. The Morgan fingerprint density at radius 3 is 2.67 bits per heavy atom. The number of nitrogens with zero attached hydrogens (tertiary/aromatic N) is 1. The van der Waals surface area contributed by atoms with Gasteiger partial charge in [0.1, 0.15) is 5.69 Å². The van der Waals surface area contributed by atoms with E-state index in [1.54, 1.807) is 6.92 Å². The van der Waals surface area contributed by atoms with Gasteiger partial charge in [0.15, 0.2) is 0 Å². The number of nitro groups is 1. The minimum Gasteiger partial charge on any atom is -0.379 e. The predicted molar refractivity (Wildman–Crippen MR) is 83.1 cm³/mol. The highest BCUT2D eigenvalue weighted by Gasteiger charge is 2.20. The number of carbonyl (C=O) groups excluding carboxylic acids is 1. The zero-order valence-corrected chi connectivity index (χ0v) is 12.9. The molecule has 0 aliphatic carbocycles. The lowest BCUT2D eigenvalue weighted by molar-refractivity contribution is -0.384. The summed E-state index contributed by atoms with van der Waals surface area (Å²) >= 11 is 0. The number of hydrogen-bond donors (Lipinski definition) is 2. The van der Waals surface area contributed by atoms with Gasteiger partial charge < -0.3 is 10.6 Å². The predicted octanol–water partition coefficient (Wildman–Crippen LogP) is 1.52. The van der Waals surface area contributed by atoms with Gasteiger partial charge in [-0.2, -0.15) is 0 Å². The lowest BCUT2D eigenvalue weighted by atomic mass is 10.1. The molecule has 1 atom stereocenters. The number of nitro benzene ring substituents is 1. The molecule has 0 aliphatic rings. The molecule has 0 saturated carbocycles. The van der Waals surface area contributed by atoms with E-state index < -0.39 is 21.6 Å². The average molecular weight is 313 g/mol. The van der Waals surface area contributed by atoms with Crippen molar-refractivity contribution >= 4 is 28.1 Å². The molecule has 116 valence electrons. The van der Waals surface area contributed by atoms with Crippen molar-refractivity contribution < 1.29 is 13.9 Å². The topological polar surface area (TPSA) is 101 Å². The molecular formula is C13H19N3O4S. The van der Waals surface area contributed by atoms with Crippen molar-refractivity contribution in [2.45, 2.75) is 13.8 Å². The van der Waals surface area contributed by atoms with Gasteiger partial charge in [-0.3, -0.25) is 19.1 Å². The van der Waals surface area contributed by atoms with Crippen molar-refractivity contribution in [3.63, 3.8) is 0 Å². The molecular weight excluding hydrogens is 294 g/mol. The van der Waals surface area contributed by atoms with Crippen molar-refractivity contribution in [1.82, 2.24) is 5.32 Å². The number of carbonyl (C=O) groups is 1. The maximum absolute atomic E-state index is 12.1. The quantitative estimate of drug-likeness (QED) is 0.560. The minimum atomic E-state index is -0.959. The monoisotopic (exact) mass is 313 g/mol. The molecule has 1 unspecified atom stereocenters. The van der Waals surface area contributed by atoms with Crippen molar-refractivity contribution in [1.29, 1.82) is 0 Å². The number of benzene rings is 1. The zero-order valence-electron chi connectivity index (χ0n) is 12.0. The van der Waals surface area contributed by atoms with Crippen LogP contribution in [0.2, 0.25) is 0 Å². The first kappa shape index (κ1) is 17.1. The Balaban J connectivity index is 2.90. The first-order valence-corrected chi connectivity index (χ1v) is 8.14. The highest BCUT2D eigenvalue weighted by Crippen LogP contribution is 2.28. The van der Waals surface area contributed by atoms with E-state index in [4.69, 9.17) is 0 Å². The van der Waals surface area contributed by atoms with E-state index >= 15 is 0 Å². The van der Waals surface area contributed by atoms with E-state index in [2.05, 4.69) is 10.6 Å². The molecule has 1 amide bonds. The molecule has 0 heterocycles. The second-order valence-corrected chi connectivity index (χ2v) is 6.04. The number of para-hydroxylation sites is 1. The summed E-state index contributed by atoms with van der Waals surface area (Å²) in [5.41, 5.74) is 0.286. The number of rotatable bonds is 8. The third kappa shape index (κ3) is 4.82. The van der Waals surface area contributed by atoms with Gasteiger partial charge in [0.05, 0.1) is 10.5 Å². The van der Waals surface area contributed by atoms with E-state index in [1.165, 1.54) is 18.2 Å². The summed E-state index contributed by atoms with van der Waals surface area (Å²) < 4.78 is 11.3. The largest absolute Gasteiger partial charge is 0.379 e. The molecule has 0 aliphatic heterocycles. The van der Waals surface area contributed by atoms with Crippen LogP contribution in [0.25, 0.3) is 0 Å². The fourth-order valence-corrected chi connectivity index (χ4v) is 2.38. The van der Waals surface area contributed by atoms with Crippen molar-refractivity contribution in [2.75, 3.05) is 29.9 Å². The van der Waals surface area contributed by atoms with Crippen LogP contribution in [-0.2, 0) is 10.8 Å². The van der Waals surface area contributed by atoms with Gasteiger partial charge in [0, 0.05) is 41.5 Å². The van der Waals surface area contributed by atoms with Gasteiger partial charge in [0.25, 0.3) is 11.6 Å². The Morgan fingerprint density at radius 2 is 2.10 bits per heavy atom. The third-order valence-electron chi connectivity index (χ3n) is 2.77. The van der Waals surface area contributed by atoms with Gasteiger partial charge >= 0.3 is 0 Å². The van der Waals surface area contributed by atoms with Crippen LogP contribution in [0.5, 0.6) is 0 Å². The first-order chi connectivity index (χ1) is 10.0. The van der Waals surface area contributed by atoms with Crippen LogP contribution < -0.4 is 10.6 Å². The van der Waals surface area contributed by atoms with E-state index in [9.17, 15) is 19.1 Å². The van der Waals surface area contributed by atoms with Crippen LogP contribution in [0.1, 0.15) is 24.2 Å². The molecule has 7 nitrogen and oxygen atoms in total. The van der Waals surface area contributed by atoms with Gasteiger partial charge in [-0.15, -0.1) is 0 Å². The van der Waals surface area contributed by atoms with Gasteiger partial charge in [-0.05, 0) is 13.0 Å². The summed E-state index contributed by atoms with van der Waals surface area (Å²) in [6.07, 6.45) is 0. The Bertz CT molecular complexity index is 548. The highest BCUT2D eigenvalue weighted by atomic mass is 32.2. The maximum atomic E-state index is 12.1. The fourth-order valence-electron chi connectivity index (χ4n) is 1.76. The Kier molecular flexibility index (Phi) is 6.80. The summed E-state index contributed by atoms with van der Waals surface area (Å²) in [6, 6.07) is 4.34. The molecule has 0 spiro atoms. The van der Waals surface area contributed by atoms with Crippen LogP contribution in [-0.4, -0.2) is 39.6 Å². The standard InChI is InChI=1S/C13H19N3O4S/c1-3-14-12-10(6-5-7-11(12)16(18)19)13(17)15-8-9-21(20)4-2/h5-7,14H,3-4,8-9H2,1-2H3,(H,15,17). The smallest absolute Gasteiger partial charge is 0.293 e. The van der Waals surface area contributed by atoms with E-state index in [1.807, 2.05) is 6.92 Å². The van der Waals surface area contributed by atoms with E-state index in [0.29, 0.717) is 18.1 Å². The van der Waals surface area contributed by atoms with Crippen LogP contribution in [0.4, 0.5) is 11.4 Å². The summed E-state index contributed by atoms with van der Waals surface area (Å²) in [5, 5.41) is 16.5. The SMILES string of the molecule is CCNc1c(C(=O)NCCS(=O)CC)cccc1[N+](=O)[O-]. The van der Waals surface area contributed by atoms with E-state index in [-0.39, 0.29) is 23.5 Å². The second-order valence-electron chi connectivity index (χ2n) is 4.18. The van der Waals surface area contributed by atoms with Gasteiger partial charge in [-0.25, -0.2) is 0 Å². The molecule has 1 aromatic carbocycles. The summed E-state index contributed by atoms with van der Waals surface area (Å²) in [4.78, 5) is 22.6. The molecule has 1 rings (SSSR count). The van der Waals surface area contributed by atoms with Crippen molar-refractivity contribution in [3.8, 4) is 0 Å². The van der Waals surface area contributed by atoms with Gasteiger partial charge in [0.2, 0.25) is 0 Å². The number of amides is 1. The number of anilines is 1. The van der Waals surface area contributed by atoms with E-state index in [0.717, 1.165) is 0 Å².